The number of hydrogen-bond donors (Lipinski definition) is 1. The van der Waals surface area contributed by atoms with Crippen molar-refractivity contribution in [2.45, 2.75) is 0 Å². The molecule has 1 rings (SSSR count). The first-order chi connectivity index (χ1) is 7.45. The topological polar surface area (TPSA) is 77.2 Å². The van der Waals surface area contributed by atoms with Gasteiger partial charge in [-0.05, 0) is 6.08 Å². The predicted octanol–water partition coefficient (Wildman–Crippen LogP) is 1.85. The van der Waals surface area contributed by atoms with Gasteiger partial charge in [0.2, 0.25) is 0 Å². The minimum Gasteiger partial charge on any atom is -0.477 e. The summed E-state index contributed by atoms with van der Waals surface area (Å²) in [6, 6.07) is 1.58. The van der Waals surface area contributed by atoms with Gasteiger partial charge >= 0.3 is 5.97 Å². The van der Waals surface area contributed by atoms with E-state index in [9.17, 15) is 4.79 Å². The molecule has 0 spiro atoms. The first kappa shape index (κ1) is 12.5. The number of nitrogens with zero attached hydrogens (tertiary/aromatic N) is 3. The minimum absolute atomic E-state index is 0.197. The maximum atomic E-state index is 10.6. The molecule has 0 amide bonds. The van der Waals surface area contributed by atoms with Gasteiger partial charge in [0.05, 0.1) is 4.88 Å². The Morgan fingerprint density at radius 1 is 1.69 bits per heavy atom. The normalized spacial score (nSPS) is 11.0. The Balaban J connectivity index is 3.15. The molecular weight excluding hydrogens is 250 g/mol. The van der Waals surface area contributed by atoms with Gasteiger partial charge in [-0.1, -0.05) is 22.9 Å². The second-order valence-electron chi connectivity index (χ2n) is 3.02. The zero-order valence-corrected chi connectivity index (χ0v) is 10.1. The minimum atomic E-state index is -1.28. The number of aliphatic carboxylic acids is 1. The summed E-state index contributed by atoms with van der Waals surface area (Å²) >= 11 is 7.04. The molecule has 84 valence electrons. The third-order valence-electron chi connectivity index (χ3n) is 1.61. The first-order valence-corrected chi connectivity index (χ1v) is 5.34. The molecule has 5 nitrogen and oxygen atoms in total. The van der Waals surface area contributed by atoms with Crippen LogP contribution in [-0.2, 0) is 4.79 Å². The van der Waals surface area contributed by atoms with Crippen LogP contribution >= 0.6 is 22.9 Å². The van der Waals surface area contributed by atoms with Crippen LogP contribution in [0.3, 0.4) is 0 Å². The van der Waals surface area contributed by atoms with Crippen LogP contribution in [0.5, 0.6) is 0 Å². The molecule has 0 radical (unpaired) electrons. The SMILES string of the molecule is CN(C)c1nc(Cl)c(/C=C(\C#N)C(=O)O)s1. The van der Waals surface area contributed by atoms with Crippen LogP contribution in [0.4, 0.5) is 5.13 Å². The molecular formula is C9H8ClN3O2S. The summed E-state index contributed by atoms with van der Waals surface area (Å²) in [6.07, 6.45) is 1.22. The Kier molecular flexibility index (Phi) is 3.88. The second kappa shape index (κ2) is 4.96. The standard InChI is InChI=1S/C9H8ClN3O2S/c1-13(2)9-12-7(10)6(16-9)3-5(4-11)8(14)15/h3H,1-2H3,(H,14,15)/b5-3+. The van der Waals surface area contributed by atoms with Crippen LogP contribution in [0.15, 0.2) is 5.57 Å². The highest BCUT2D eigenvalue weighted by atomic mass is 35.5. The Morgan fingerprint density at radius 3 is 2.69 bits per heavy atom. The monoisotopic (exact) mass is 257 g/mol. The Hall–Kier alpha value is -1.58. The summed E-state index contributed by atoms with van der Waals surface area (Å²) in [5, 5.41) is 18.1. The average molecular weight is 258 g/mol. The molecule has 1 aromatic rings. The number of hydrogen-bond acceptors (Lipinski definition) is 5. The van der Waals surface area contributed by atoms with Crippen molar-refractivity contribution in [3.05, 3.63) is 15.6 Å². The van der Waals surface area contributed by atoms with Gasteiger partial charge in [0.25, 0.3) is 0 Å². The fourth-order valence-electron chi connectivity index (χ4n) is 0.856. The maximum absolute atomic E-state index is 10.6. The number of halogens is 1. The van der Waals surface area contributed by atoms with Crippen LogP contribution in [0.1, 0.15) is 4.88 Å². The number of nitriles is 1. The number of thiazole rings is 1. The van der Waals surface area contributed by atoms with Gasteiger partial charge in [-0.15, -0.1) is 0 Å². The van der Waals surface area contributed by atoms with Crippen molar-refractivity contribution in [3.8, 4) is 6.07 Å². The molecule has 0 aromatic carbocycles. The van der Waals surface area contributed by atoms with E-state index in [1.165, 1.54) is 17.4 Å². The molecule has 0 bridgehead atoms. The number of rotatable bonds is 3. The van der Waals surface area contributed by atoms with Crippen molar-refractivity contribution in [2.75, 3.05) is 19.0 Å². The van der Waals surface area contributed by atoms with Crippen molar-refractivity contribution >= 4 is 40.1 Å². The molecule has 0 saturated heterocycles. The third-order valence-corrected chi connectivity index (χ3v) is 3.18. The van der Waals surface area contributed by atoms with Crippen molar-refractivity contribution in [3.63, 3.8) is 0 Å². The van der Waals surface area contributed by atoms with E-state index in [0.29, 0.717) is 10.0 Å². The maximum Gasteiger partial charge on any atom is 0.346 e. The Bertz CT molecular complexity index is 487. The van der Waals surface area contributed by atoms with Crippen molar-refractivity contribution in [1.29, 1.82) is 5.26 Å². The summed E-state index contributed by atoms with van der Waals surface area (Å²) in [6.45, 7) is 0. The van der Waals surface area contributed by atoms with Gasteiger partial charge in [-0.3, -0.25) is 0 Å². The molecule has 1 aromatic heterocycles. The Morgan fingerprint density at radius 2 is 2.31 bits per heavy atom. The highest BCUT2D eigenvalue weighted by Crippen LogP contribution is 2.30. The van der Waals surface area contributed by atoms with E-state index in [-0.39, 0.29) is 10.7 Å². The number of carbonyl (C=O) groups is 1. The molecule has 0 aliphatic heterocycles. The zero-order valence-electron chi connectivity index (χ0n) is 8.56. The molecule has 1 N–H and O–H groups in total. The highest BCUT2D eigenvalue weighted by Gasteiger charge is 2.12. The molecule has 7 heteroatoms. The van der Waals surface area contributed by atoms with Gasteiger partial charge in [-0.25, -0.2) is 9.78 Å². The van der Waals surface area contributed by atoms with E-state index < -0.39 is 5.97 Å². The molecule has 0 aliphatic rings. The molecule has 0 aliphatic carbocycles. The van der Waals surface area contributed by atoms with Crippen LogP contribution in [-0.4, -0.2) is 30.2 Å². The van der Waals surface area contributed by atoms with E-state index in [0.717, 1.165) is 0 Å². The smallest absolute Gasteiger partial charge is 0.346 e. The van der Waals surface area contributed by atoms with E-state index in [4.69, 9.17) is 22.0 Å². The van der Waals surface area contributed by atoms with Crippen molar-refractivity contribution < 1.29 is 9.90 Å². The number of aromatic nitrogens is 1. The largest absolute Gasteiger partial charge is 0.477 e. The summed E-state index contributed by atoms with van der Waals surface area (Å²) in [4.78, 5) is 16.9. The van der Waals surface area contributed by atoms with Crippen molar-refractivity contribution in [2.24, 2.45) is 0 Å². The summed E-state index contributed by atoms with van der Waals surface area (Å²) in [5.41, 5.74) is -0.365. The molecule has 0 atom stereocenters. The van der Waals surface area contributed by atoms with E-state index in [1.807, 2.05) is 0 Å². The molecule has 0 saturated carbocycles. The predicted molar refractivity (Wildman–Crippen MR) is 62.7 cm³/mol. The zero-order chi connectivity index (χ0) is 12.3. The lowest BCUT2D eigenvalue weighted by molar-refractivity contribution is -0.132. The van der Waals surface area contributed by atoms with Gasteiger partial charge < -0.3 is 10.0 Å². The number of carboxylic acid groups (broad SMARTS) is 1. The molecule has 16 heavy (non-hydrogen) atoms. The van der Waals surface area contributed by atoms with E-state index >= 15 is 0 Å². The third kappa shape index (κ3) is 2.72. The second-order valence-corrected chi connectivity index (χ2v) is 4.39. The van der Waals surface area contributed by atoms with Gasteiger partial charge in [-0.2, -0.15) is 5.26 Å². The lowest BCUT2D eigenvalue weighted by Crippen LogP contribution is -2.07. The fraction of sp³-hybridized carbons (Fsp3) is 0.222. The quantitative estimate of drug-likeness (QED) is 0.661. The number of anilines is 1. The van der Waals surface area contributed by atoms with Crippen molar-refractivity contribution in [1.82, 2.24) is 4.98 Å². The number of carboxylic acids is 1. The van der Waals surface area contributed by atoms with E-state index in [2.05, 4.69) is 4.98 Å². The molecule has 0 unspecified atom stereocenters. The van der Waals surface area contributed by atoms with Crippen LogP contribution in [0.25, 0.3) is 6.08 Å². The summed E-state index contributed by atoms with van der Waals surface area (Å²) < 4.78 is 0. The lowest BCUT2D eigenvalue weighted by atomic mass is 10.2. The molecule has 0 fully saturated rings. The summed E-state index contributed by atoms with van der Waals surface area (Å²) in [7, 11) is 3.59. The van der Waals surface area contributed by atoms with E-state index in [1.54, 1.807) is 25.1 Å². The first-order valence-electron chi connectivity index (χ1n) is 4.14. The van der Waals surface area contributed by atoms with Gasteiger partial charge in [0.1, 0.15) is 16.8 Å². The van der Waals surface area contributed by atoms with Gasteiger partial charge in [0, 0.05) is 14.1 Å². The van der Waals surface area contributed by atoms with Crippen LogP contribution < -0.4 is 4.90 Å². The molecule has 1 heterocycles. The summed E-state index contributed by atoms with van der Waals surface area (Å²) in [5.74, 6) is -1.28. The highest BCUT2D eigenvalue weighted by molar-refractivity contribution is 7.17. The Labute approximate surface area is 101 Å². The average Bonchev–Trinajstić information content (AvgIpc) is 2.56. The van der Waals surface area contributed by atoms with Gasteiger partial charge in [0.15, 0.2) is 5.13 Å². The van der Waals surface area contributed by atoms with Crippen LogP contribution in [0, 0.1) is 11.3 Å². The fourth-order valence-corrected chi connectivity index (χ4v) is 1.98. The lowest BCUT2D eigenvalue weighted by Gasteiger charge is -2.04. The van der Waals surface area contributed by atoms with Crippen LogP contribution in [0.2, 0.25) is 5.15 Å².